The SMILES string of the molecule is c1ccc(-c2nc(-c3ccc(-n4c5ccccc5c5ccc6sc7ccccc7c6c54)cc3)nc3oc4ccccc4c23)cc1. The largest absolute Gasteiger partial charge is 0.438 e. The van der Waals surface area contributed by atoms with Gasteiger partial charge in [-0.25, -0.2) is 4.98 Å². The van der Waals surface area contributed by atoms with Crippen molar-refractivity contribution in [1.29, 1.82) is 0 Å². The molecule has 4 heterocycles. The molecule has 0 aliphatic heterocycles. The summed E-state index contributed by atoms with van der Waals surface area (Å²) in [4.78, 5) is 10.1. The van der Waals surface area contributed by atoms with Crippen molar-refractivity contribution >= 4 is 75.4 Å². The standard InChI is InChI=1S/C40H23N3OS/c1-2-10-24(11-3-1)37-36-29-13-5-8-16-32(29)44-40(36)42-39(41-37)25-18-20-26(21-19-25)43-31-15-7-4-12-27(31)28-22-23-34-35(38(28)43)30-14-6-9-17-33(30)45-34/h1-23H. The Bertz CT molecular complexity index is 2750. The average molecular weight is 594 g/mol. The van der Waals surface area contributed by atoms with Crippen molar-refractivity contribution in [2.45, 2.75) is 0 Å². The normalized spacial score (nSPS) is 12.0. The van der Waals surface area contributed by atoms with Gasteiger partial charge in [-0.15, -0.1) is 11.3 Å². The molecule has 0 amide bonds. The zero-order chi connectivity index (χ0) is 29.5. The Labute approximate surface area is 261 Å². The van der Waals surface area contributed by atoms with Crippen LogP contribution in [0.25, 0.3) is 92.4 Å². The molecule has 0 aliphatic carbocycles. The van der Waals surface area contributed by atoms with E-state index < -0.39 is 0 Å². The van der Waals surface area contributed by atoms with Gasteiger partial charge >= 0.3 is 0 Å². The third-order valence-electron chi connectivity index (χ3n) is 8.84. The number of rotatable bonds is 3. The Morgan fingerprint density at radius 3 is 2.11 bits per heavy atom. The Morgan fingerprint density at radius 2 is 1.24 bits per heavy atom. The second-order valence-electron chi connectivity index (χ2n) is 11.4. The van der Waals surface area contributed by atoms with Gasteiger partial charge in [0.2, 0.25) is 5.71 Å². The van der Waals surface area contributed by atoms with Crippen LogP contribution < -0.4 is 0 Å². The summed E-state index contributed by atoms with van der Waals surface area (Å²) in [6, 6.07) is 48.9. The highest BCUT2D eigenvalue weighted by Gasteiger charge is 2.20. The van der Waals surface area contributed by atoms with Crippen LogP contribution in [0.5, 0.6) is 0 Å². The molecule has 0 aliphatic rings. The molecule has 0 saturated heterocycles. The van der Waals surface area contributed by atoms with E-state index in [0.29, 0.717) is 11.5 Å². The van der Waals surface area contributed by atoms with Crippen LogP contribution in [0, 0.1) is 0 Å². The molecule has 10 aromatic rings. The fourth-order valence-corrected chi connectivity index (χ4v) is 7.96. The zero-order valence-corrected chi connectivity index (χ0v) is 24.8. The van der Waals surface area contributed by atoms with Gasteiger partial charge in [0.25, 0.3) is 0 Å². The first-order valence-corrected chi connectivity index (χ1v) is 15.8. The Balaban J connectivity index is 1.20. The predicted octanol–water partition coefficient (Wildman–Crippen LogP) is 11.2. The van der Waals surface area contributed by atoms with Crippen LogP contribution in [-0.2, 0) is 0 Å². The predicted molar refractivity (Wildman–Crippen MR) is 187 cm³/mol. The molecule has 0 bridgehead atoms. The lowest BCUT2D eigenvalue weighted by atomic mass is 10.1. The fraction of sp³-hybridized carbons (Fsp3) is 0. The monoisotopic (exact) mass is 593 g/mol. The van der Waals surface area contributed by atoms with Gasteiger partial charge < -0.3 is 8.98 Å². The lowest BCUT2D eigenvalue weighted by Crippen LogP contribution is -1.96. The van der Waals surface area contributed by atoms with Crippen molar-refractivity contribution in [3.8, 4) is 28.3 Å². The van der Waals surface area contributed by atoms with Crippen molar-refractivity contribution in [2.24, 2.45) is 0 Å². The zero-order valence-electron chi connectivity index (χ0n) is 23.9. The summed E-state index contributed by atoms with van der Waals surface area (Å²) in [5, 5.41) is 7.07. The van der Waals surface area contributed by atoms with Gasteiger partial charge in [0.1, 0.15) is 5.58 Å². The Morgan fingerprint density at radius 1 is 0.511 bits per heavy atom. The second-order valence-corrected chi connectivity index (χ2v) is 12.5. The van der Waals surface area contributed by atoms with E-state index in [-0.39, 0.29) is 0 Å². The summed E-state index contributed by atoms with van der Waals surface area (Å²) in [6.45, 7) is 0. The summed E-state index contributed by atoms with van der Waals surface area (Å²) in [6.07, 6.45) is 0. The topological polar surface area (TPSA) is 43.9 Å². The highest BCUT2D eigenvalue weighted by atomic mass is 32.1. The summed E-state index contributed by atoms with van der Waals surface area (Å²) in [7, 11) is 0. The number of nitrogens with zero attached hydrogens (tertiary/aromatic N) is 3. The number of hydrogen-bond donors (Lipinski definition) is 0. The minimum absolute atomic E-state index is 0.596. The smallest absolute Gasteiger partial charge is 0.231 e. The van der Waals surface area contributed by atoms with E-state index in [1.165, 1.54) is 42.0 Å². The molecular weight excluding hydrogens is 571 g/mol. The van der Waals surface area contributed by atoms with E-state index in [1.54, 1.807) is 0 Å². The van der Waals surface area contributed by atoms with E-state index >= 15 is 0 Å². The molecule has 0 radical (unpaired) electrons. The Kier molecular flexibility index (Phi) is 5.12. The van der Waals surface area contributed by atoms with Gasteiger partial charge in [0.05, 0.1) is 22.1 Å². The summed E-state index contributed by atoms with van der Waals surface area (Å²) in [5.41, 5.74) is 7.78. The van der Waals surface area contributed by atoms with E-state index in [2.05, 4.69) is 108 Å². The number of hydrogen-bond acceptors (Lipinski definition) is 4. The highest BCUT2D eigenvalue weighted by Crippen LogP contribution is 2.43. The maximum Gasteiger partial charge on any atom is 0.231 e. The van der Waals surface area contributed by atoms with Gasteiger partial charge in [-0.3, -0.25) is 0 Å². The molecule has 0 saturated carbocycles. The van der Waals surface area contributed by atoms with Crippen molar-refractivity contribution in [3.63, 3.8) is 0 Å². The van der Waals surface area contributed by atoms with Gasteiger partial charge in [0.15, 0.2) is 5.82 Å². The fourth-order valence-electron chi connectivity index (χ4n) is 6.85. The molecule has 45 heavy (non-hydrogen) atoms. The van der Waals surface area contributed by atoms with Crippen molar-refractivity contribution in [3.05, 3.63) is 140 Å². The van der Waals surface area contributed by atoms with Crippen LogP contribution in [0.4, 0.5) is 0 Å². The Hall–Kier alpha value is -5.78. The van der Waals surface area contributed by atoms with Gasteiger partial charge in [0, 0.05) is 53.1 Å². The van der Waals surface area contributed by atoms with Crippen molar-refractivity contribution in [1.82, 2.24) is 14.5 Å². The maximum absolute atomic E-state index is 6.27. The number of para-hydroxylation sites is 2. The van der Waals surface area contributed by atoms with E-state index in [9.17, 15) is 0 Å². The van der Waals surface area contributed by atoms with E-state index in [4.69, 9.17) is 14.4 Å². The van der Waals surface area contributed by atoms with E-state index in [0.717, 1.165) is 38.9 Å². The van der Waals surface area contributed by atoms with Gasteiger partial charge in [-0.05, 0) is 48.5 Å². The van der Waals surface area contributed by atoms with Crippen LogP contribution in [0.1, 0.15) is 0 Å². The number of furan rings is 1. The van der Waals surface area contributed by atoms with E-state index in [1.807, 2.05) is 47.7 Å². The molecule has 0 unspecified atom stereocenters. The van der Waals surface area contributed by atoms with Crippen LogP contribution >= 0.6 is 11.3 Å². The summed E-state index contributed by atoms with van der Waals surface area (Å²) in [5.74, 6) is 0.639. The minimum atomic E-state index is 0.596. The van der Waals surface area contributed by atoms with Crippen molar-refractivity contribution < 1.29 is 4.42 Å². The molecule has 210 valence electrons. The molecule has 4 aromatic heterocycles. The minimum Gasteiger partial charge on any atom is -0.438 e. The molecule has 4 nitrogen and oxygen atoms in total. The van der Waals surface area contributed by atoms with Crippen LogP contribution in [0.2, 0.25) is 0 Å². The van der Waals surface area contributed by atoms with Gasteiger partial charge in [-0.1, -0.05) is 91.0 Å². The number of fused-ring (bicyclic) bond motifs is 10. The third-order valence-corrected chi connectivity index (χ3v) is 9.98. The number of thiophene rings is 1. The number of aromatic nitrogens is 3. The highest BCUT2D eigenvalue weighted by molar-refractivity contribution is 7.26. The molecule has 10 rings (SSSR count). The summed E-state index contributed by atoms with van der Waals surface area (Å²) < 4.78 is 11.3. The number of benzene rings is 6. The molecule has 0 spiro atoms. The molecule has 5 heteroatoms. The van der Waals surface area contributed by atoms with Gasteiger partial charge in [-0.2, -0.15) is 4.98 Å². The lowest BCUT2D eigenvalue weighted by Gasteiger charge is -2.11. The second kappa shape index (κ2) is 9.36. The van der Waals surface area contributed by atoms with Crippen LogP contribution in [-0.4, -0.2) is 14.5 Å². The molecular formula is C40H23N3OS. The van der Waals surface area contributed by atoms with Crippen molar-refractivity contribution in [2.75, 3.05) is 0 Å². The molecule has 6 aromatic carbocycles. The first-order chi connectivity index (χ1) is 22.3. The quantitative estimate of drug-likeness (QED) is 0.205. The summed E-state index contributed by atoms with van der Waals surface area (Å²) >= 11 is 1.85. The maximum atomic E-state index is 6.27. The average Bonchev–Trinajstić information content (AvgIpc) is 3.77. The molecule has 0 fully saturated rings. The first kappa shape index (κ1) is 24.6. The lowest BCUT2D eigenvalue weighted by molar-refractivity contribution is 0.653. The molecule has 0 atom stereocenters. The third kappa shape index (κ3) is 3.59. The molecule has 0 N–H and O–H groups in total. The van der Waals surface area contributed by atoms with Crippen LogP contribution in [0.3, 0.4) is 0 Å². The first-order valence-electron chi connectivity index (χ1n) is 15.0. The van der Waals surface area contributed by atoms with Crippen LogP contribution in [0.15, 0.2) is 144 Å².